The fourth-order valence-corrected chi connectivity index (χ4v) is 3.28. The number of halogens is 1. The highest BCUT2D eigenvalue weighted by molar-refractivity contribution is 7.90. The number of carbonyl (C=O) groups excluding carboxylic acids is 1. The molecule has 0 unspecified atom stereocenters. The molecule has 0 radical (unpaired) electrons. The van der Waals surface area contributed by atoms with Gasteiger partial charge in [0.05, 0.1) is 12.4 Å². The van der Waals surface area contributed by atoms with Crippen molar-refractivity contribution in [2.24, 2.45) is 0 Å². The Morgan fingerprint density at radius 3 is 2.82 bits per heavy atom. The average molecular weight is 344 g/mol. The van der Waals surface area contributed by atoms with Crippen LogP contribution in [0.25, 0.3) is 10.6 Å². The molecule has 0 fully saturated rings. The van der Waals surface area contributed by atoms with Gasteiger partial charge in [-0.1, -0.05) is 12.1 Å². The number of nitrogens with zero attached hydrogens (tertiary/aromatic N) is 1. The molecule has 1 heterocycles. The van der Waals surface area contributed by atoms with Crippen molar-refractivity contribution in [3.8, 4) is 10.6 Å². The molecule has 0 bridgehead atoms. The molecule has 2 rings (SSSR count). The standard InChI is InChI=1S/C13H13FN2O4S2/c1-20-6-7-22(18,19)16-12(17)11-8-21-13(15-11)9-4-2-3-5-10(9)14/h2-5,8H,6-7H2,1H3,(H,16,17). The summed E-state index contributed by atoms with van der Waals surface area (Å²) in [4.78, 5) is 15.8. The average Bonchev–Trinajstić information content (AvgIpc) is 2.95. The maximum atomic E-state index is 13.7. The Labute approximate surface area is 131 Å². The fraction of sp³-hybridized carbons (Fsp3) is 0.231. The number of thiazole rings is 1. The topological polar surface area (TPSA) is 85.4 Å². The summed E-state index contributed by atoms with van der Waals surface area (Å²) in [6, 6.07) is 6.01. The molecule has 6 nitrogen and oxygen atoms in total. The van der Waals surface area contributed by atoms with Gasteiger partial charge >= 0.3 is 0 Å². The highest BCUT2D eigenvalue weighted by Crippen LogP contribution is 2.26. The Morgan fingerprint density at radius 2 is 2.14 bits per heavy atom. The van der Waals surface area contributed by atoms with Crippen LogP contribution in [-0.2, 0) is 14.8 Å². The number of nitrogens with one attached hydrogen (secondary N) is 1. The third kappa shape index (κ3) is 4.09. The summed E-state index contributed by atoms with van der Waals surface area (Å²) in [6.45, 7) is -0.0276. The van der Waals surface area contributed by atoms with E-state index in [2.05, 4.69) is 9.72 Å². The molecule has 1 amide bonds. The Bertz CT molecular complexity index is 774. The van der Waals surface area contributed by atoms with E-state index in [4.69, 9.17) is 0 Å². The van der Waals surface area contributed by atoms with Gasteiger partial charge in [0.1, 0.15) is 16.5 Å². The van der Waals surface area contributed by atoms with Gasteiger partial charge in [0.15, 0.2) is 0 Å². The molecular weight excluding hydrogens is 331 g/mol. The number of methoxy groups -OCH3 is 1. The van der Waals surface area contributed by atoms with Gasteiger partial charge in [0.2, 0.25) is 10.0 Å². The highest BCUT2D eigenvalue weighted by atomic mass is 32.2. The minimum absolute atomic E-state index is 0.0276. The molecule has 118 valence electrons. The van der Waals surface area contributed by atoms with Crippen LogP contribution in [0.5, 0.6) is 0 Å². The third-order valence-corrected chi connectivity index (χ3v) is 4.72. The van der Waals surface area contributed by atoms with Gasteiger partial charge in [-0.3, -0.25) is 4.79 Å². The zero-order chi connectivity index (χ0) is 16.2. The van der Waals surface area contributed by atoms with Crippen molar-refractivity contribution in [2.75, 3.05) is 19.5 Å². The van der Waals surface area contributed by atoms with Crippen LogP contribution >= 0.6 is 11.3 Å². The first-order chi connectivity index (χ1) is 10.4. The van der Waals surface area contributed by atoms with Crippen molar-refractivity contribution in [3.63, 3.8) is 0 Å². The van der Waals surface area contributed by atoms with Crippen LogP contribution in [0.4, 0.5) is 4.39 Å². The molecule has 0 aliphatic carbocycles. The number of ether oxygens (including phenoxy) is 1. The number of hydrogen-bond donors (Lipinski definition) is 1. The summed E-state index contributed by atoms with van der Waals surface area (Å²) in [5, 5.41) is 1.68. The fourth-order valence-electron chi connectivity index (χ4n) is 1.57. The summed E-state index contributed by atoms with van der Waals surface area (Å²) >= 11 is 1.06. The van der Waals surface area contributed by atoms with E-state index in [0.29, 0.717) is 5.01 Å². The van der Waals surface area contributed by atoms with Crippen LogP contribution in [0.3, 0.4) is 0 Å². The van der Waals surface area contributed by atoms with E-state index in [0.717, 1.165) is 11.3 Å². The minimum atomic E-state index is -3.79. The van der Waals surface area contributed by atoms with Crippen LogP contribution < -0.4 is 4.72 Å². The summed E-state index contributed by atoms with van der Waals surface area (Å²) in [7, 11) is -2.43. The molecule has 0 aliphatic rings. The Morgan fingerprint density at radius 1 is 1.41 bits per heavy atom. The maximum Gasteiger partial charge on any atom is 0.284 e. The van der Waals surface area contributed by atoms with E-state index in [-0.39, 0.29) is 23.6 Å². The number of benzene rings is 1. The van der Waals surface area contributed by atoms with Gasteiger partial charge in [0.25, 0.3) is 5.91 Å². The highest BCUT2D eigenvalue weighted by Gasteiger charge is 2.19. The summed E-state index contributed by atoms with van der Waals surface area (Å²) in [5.74, 6) is -1.65. The van der Waals surface area contributed by atoms with Crippen LogP contribution in [-0.4, -0.2) is 38.8 Å². The third-order valence-electron chi connectivity index (χ3n) is 2.65. The van der Waals surface area contributed by atoms with Crippen molar-refractivity contribution < 1.29 is 22.3 Å². The van der Waals surface area contributed by atoms with Gasteiger partial charge in [-0.05, 0) is 12.1 Å². The first-order valence-electron chi connectivity index (χ1n) is 6.17. The van der Waals surface area contributed by atoms with E-state index in [1.807, 2.05) is 4.72 Å². The van der Waals surface area contributed by atoms with E-state index in [9.17, 15) is 17.6 Å². The number of aromatic nitrogens is 1. The Hall–Kier alpha value is -1.84. The molecule has 1 aromatic heterocycles. The molecule has 0 spiro atoms. The normalized spacial score (nSPS) is 11.4. The smallest absolute Gasteiger partial charge is 0.284 e. The van der Waals surface area contributed by atoms with E-state index in [1.165, 1.54) is 24.6 Å². The SMILES string of the molecule is COCCS(=O)(=O)NC(=O)c1csc(-c2ccccc2F)n1. The van der Waals surface area contributed by atoms with E-state index < -0.39 is 21.7 Å². The molecule has 2 aromatic rings. The van der Waals surface area contributed by atoms with Gasteiger partial charge in [-0.25, -0.2) is 22.5 Å². The molecule has 0 aliphatic heterocycles. The number of hydrogen-bond acceptors (Lipinski definition) is 6. The lowest BCUT2D eigenvalue weighted by Gasteiger charge is -2.04. The van der Waals surface area contributed by atoms with Gasteiger partial charge in [0, 0.05) is 18.1 Å². The Kier molecular flexibility index (Phi) is 5.22. The lowest BCUT2D eigenvalue weighted by Crippen LogP contribution is -2.33. The van der Waals surface area contributed by atoms with Crippen LogP contribution in [0.2, 0.25) is 0 Å². The van der Waals surface area contributed by atoms with Crippen molar-refractivity contribution in [1.29, 1.82) is 0 Å². The van der Waals surface area contributed by atoms with Crippen LogP contribution in [0.15, 0.2) is 29.6 Å². The number of sulfonamides is 1. The number of carbonyl (C=O) groups is 1. The first-order valence-corrected chi connectivity index (χ1v) is 8.70. The summed E-state index contributed by atoms with van der Waals surface area (Å²) in [6.07, 6.45) is 0. The van der Waals surface area contributed by atoms with Gasteiger partial charge in [-0.15, -0.1) is 11.3 Å². The van der Waals surface area contributed by atoms with Crippen molar-refractivity contribution >= 4 is 27.3 Å². The predicted molar refractivity (Wildman–Crippen MR) is 80.6 cm³/mol. The number of amides is 1. The zero-order valence-corrected chi connectivity index (χ0v) is 13.2. The van der Waals surface area contributed by atoms with Gasteiger partial charge < -0.3 is 4.74 Å². The second-order valence-corrected chi connectivity index (χ2v) is 6.96. The van der Waals surface area contributed by atoms with Crippen molar-refractivity contribution in [2.45, 2.75) is 0 Å². The van der Waals surface area contributed by atoms with Crippen molar-refractivity contribution in [3.05, 3.63) is 41.2 Å². The molecular formula is C13H13FN2O4S2. The quantitative estimate of drug-likeness (QED) is 0.861. The zero-order valence-electron chi connectivity index (χ0n) is 11.6. The molecule has 0 saturated heterocycles. The second-order valence-electron chi connectivity index (χ2n) is 4.26. The monoisotopic (exact) mass is 344 g/mol. The lowest BCUT2D eigenvalue weighted by molar-refractivity contribution is 0.0977. The summed E-state index contributed by atoms with van der Waals surface area (Å²) in [5.41, 5.74) is 0.179. The van der Waals surface area contributed by atoms with Crippen LogP contribution in [0, 0.1) is 5.82 Å². The summed E-state index contributed by atoms with van der Waals surface area (Å²) < 4.78 is 43.4. The van der Waals surface area contributed by atoms with E-state index in [1.54, 1.807) is 12.1 Å². The molecule has 22 heavy (non-hydrogen) atoms. The molecule has 0 saturated carbocycles. The molecule has 0 atom stereocenters. The largest absolute Gasteiger partial charge is 0.384 e. The molecule has 1 N–H and O–H groups in total. The molecule has 9 heteroatoms. The number of rotatable bonds is 6. The predicted octanol–water partition coefficient (Wildman–Crippen LogP) is 1.66. The first kappa shape index (κ1) is 16.5. The van der Waals surface area contributed by atoms with E-state index >= 15 is 0 Å². The van der Waals surface area contributed by atoms with Crippen LogP contribution in [0.1, 0.15) is 10.5 Å². The lowest BCUT2D eigenvalue weighted by atomic mass is 10.2. The maximum absolute atomic E-state index is 13.7. The van der Waals surface area contributed by atoms with Gasteiger partial charge in [-0.2, -0.15) is 0 Å². The Balaban J connectivity index is 2.15. The minimum Gasteiger partial charge on any atom is -0.384 e. The van der Waals surface area contributed by atoms with Crippen molar-refractivity contribution in [1.82, 2.24) is 9.71 Å². The molecule has 1 aromatic carbocycles. The second kappa shape index (κ2) is 6.95.